The van der Waals surface area contributed by atoms with Gasteiger partial charge in [-0.1, -0.05) is 22.7 Å². The van der Waals surface area contributed by atoms with Crippen LogP contribution in [-0.2, 0) is 13.3 Å². The molecule has 0 spiro atoms. The Morgan fingerprint density at radius 2 is 1.55 bits per heavy atom. The molecule has 0 N–H and O–H groups in total. The fraction of sp³-hybridized carbons (Fsp3) is 1.00. The average Bonchev–Trinajstić information content (AvgIpc) is 1.84. The van der Waals surface area contributed by atoms with Gasteiger partial charge in [-0.15, -0.1) is 0 Å². The molecule has 0 bridgehead atoms. The smallest absolute Gasteiger partial charge is 0.365 e. The lowest BCUT2D eigenvalue weighted by Crippen LogP contribution is -2.43. The van der Waals surface area contributed by atoms with E-state index >= 15 is 0 Å². The average molecular weight is 219 g/mol. The van der Waals surface area contributed by atoms with E-state index in [-0.39, 0.29) is 0 Å². The summed E-state index contributed by atoms with van der Waals surface area (Å²) in [5, 5.41) is -0.861. The van der Waals surface area contributed by atoms with Crippen molar-refractivity contribution in [2.45, 2.75) is 18.9 Å². The van der Waals surface area contributed by atoms with Crippen LogP contribution in [0.3, 0.4) is 0 Å². The molecule has 0 aliphatic heterocycles. The van der Waals surface area contributed by atoms with Crippen molar-refractivity contribution in [2.24, 2.45) is 0 Å². The van der Waals surface area contributed by atoms with E-state index in [1.807, 2.05) is 0 Å². The Morgan fingerprint density at radius 3 is 1.64 bits per heavy atom. The number of alkyl halides is 1. The van der Waals surface area contributed by atoms with Crippen LogP contribution in [0, 0.1) is 0 Å². The van der Waals surface area contributed by atoms with Gasteiger partial charge in [0.05, 0.1) is 0 Å². The second-order valence-corrected chi connectivity index (χ2v) is 6.64. The highest BCUT2D eigenvalue weighted by molar-refractivity contribution is 7.09. The van der Waals surface area contributed by atoms with Crippen LogP contribution in [0.25, 0.3) is 0 Å². The zero-order chi connectivity index (χ0) is 9.12. The summed E-state index contributed by atoms with van der Waals surface area (Å²) >= 11 is 11.5. The minimum atomic E-state index is -2.99. The highest BCUT2D eigenvalue weighted by Crippen LogP contribution is 2.24. The van der Waals surface area contributed by atoms with Crippen LogP contribution in [0.15, 0.2) is 0 Å². The Bertz CT molecular complexity index is 121. The number of halogens is 2. The van der Waals surface area contributed by atoms with Crippen molar-refractivity contribution in [3.05, 3.63) is 0 Å². The second kappa shape index (κ2) is 4.07. The van der Waals surface area contributed by atoms with Crippen molar-refractivity contribution in [3.63, 3.8) is 0 Å². The molecular formula is C5H12Cl2O3Si. The normalized spacial score (nSPS) is 13.6. The summed E-state index contributed by atoms with van der Waals surface area (Å²) < 4.78 is 14.8. The number of hydrogen-bond acceptors (Lipinski definition) is 3. The van der Waals surface area contributed by atoms with E-state index in [9.17, 15) is 0 Å². The van der Waals surface area contributed by atoms with E-state index in [0.717, 1.165) is 0 Å². The van der Waals surface area contributed by atoms with Crippen molar-refractivity contribution >= 4 is 30.8 Å². The lowest BCUT2D eigenvalue weighted by atomic mass is 10.5. The molecule has 0 atom stereocenters. The first-order chi connectivity index (χ1) is 4.83. The summed E-state index contributed by atoms with van der Waals surface area (Å²) in [4.78, 5) is 0. The van der Waals surface area contributed by atoms with Crippen LogP contribution >= 0.6 is 22.7 Å². The van der Waals surface area contributed by atoms with Crippen molar-refractivity contribution in [1.82, 2.24) is 0 Å². The first kappa shape index (κ1) is 11.7. The predicted molar refractivity (Wildman–Crippen MR) is 46.6 cm³/mol. The van der Waals surface area contributed by atoms with Gasteiger partial charge in [0.25, 0.3) is 0 Å². The Hall–Kier alpha value is 0.677. The largest absolute Gasteiger partial charge is 0.614 e. The van der Waals surface area contributed by atoms with Crippen LogP contribution in [0.2, 0.25) is 0 Å². The molecule has 68 valence electrons. The van der Waals surface area contributed by atoms with Gasteiger partial charge >= 0.3 is 8.11 Å². The minimum absolute atomic E-state index is 0.861. The number of rotatable bonds is 4. The van der Waals surface area contributed by atoms with Crippen molar-refractivity contribution in [2.75, 3.05) is 14.2 Å². The lowest BCUT2D eigenvalue weighted by molar-refractivity contribution is 0.0706. The van der Waals surface area contributed by atoms with Gasteiger partial charge in [0.2, 0.25) is 0 Å². The van der Waals surface area contributed by atoms with Gasteiger partial charge in [0.1, 0.15) is 5.06 Å². The van der Waals surface area contributed by atoms with Gasteiger partial charge < -0.3 is 13.3 Å². The SMILES string of the molecule is CO[Si](Cl)(OC)OC(C)(C)Cl. The molecule has 0 saturated heterocycles. The number of hydrogen-bond donors (Lipinski definition) is 0. The van der Waals surface area contributed by atoms with Crippen molar-refractivity contribution < 1.29 is 13.3 Å². The molecule has 3 nitrogen and oxygen atoms in total. The maximum Gasteiger partial charge on any atom is 0.614 e. The topological polar surface area (TPSA) is 27.7 Å². The lowest BCUT2D eigenvalue weighted by Gasteiger charge is -2.26. The Balaban J connectivity index is 4.08. The molecule has 0 heterocycles. The highest BCUT2D eigenvalue weighted by atomic mass is 35.6. The molecule has 0 fully saturated rings. The van der Waals surface area contributed by atoms with Crippen LogP contribution in [0.4, 0.5) is 0 Å². The van der Waals surface area contributed by atoms with E-state index in [2.05, 4.69) is 0 Å². The predicted octanol–water partition coefficient (Wildman–Crippen LogP) is 1.95. The van der Waals surface area contributed by atoms with Gasteiger partial charge in [0.15, 0.2) is 0 Å². The zero-order valence-corrected chi connectivity index (χ0v) is 9.49. The fourth-order valence-corrected chi connectivity index (χ4v) is 2.37. The van der Waals surface area contributed by atoms with Crippen LogP contribution < -0.4 is 0 Å². The van der Waals surface area contributed by atoms with Gasteiger partial charge in [-0.2, -0.15) is 0 Å². The van der Waals surface area contributed by atoms with Crippen LogP contribution in [0.5, 0.6) is 0 Å². The summed E-state index contributed by atoms with van der Waals surface area (Å²) in [6, 6.07) is 0. The Labute approximate surface area is 77.6 Å². The van der Waals surface area contributed by atoms with Crippen LogP contribution in [-0.4, -0.2) is 27.4 Å². The Morgan fingerprint density at radius 1 is 1.18 bits per heavy atom. The van der Waals surface area contributed by atoms with Crippen LogP contribution in [0.1, 0.15) is 13.8 Å². The molecule has 0 radical (unpaired) electrons. The second-order valence-electron chi connectivity index (χ2n) is 2.36. The molecule has 0 aromatic heterocycles. The zero-order valence-electron chi connectivity index (χ0n) is 6.98. The third kappa shape index (κ3) is 5.00. The van der Waals surface area contributed by atoms with E-state index in [0.29, 0.717) is 0 Å². The maximum absolute atomic E-state index is 5.78. The third-order valence-electron chi connectivity index (χ3n) is 0.852. The molecular weight excluding hydrogens is 207 g/mol. The third-order valence-corrected chi connectivity index (χ3v) is 3.95. The molecule has 0 aromatic rings. The van der Waals surface area contributed by atoms with E-state index in [1.165, 1.54) is 14.2 Å². The van der Waals surface area contributed by atoms with Gasteiger partial charge in [-0.3, -0.25) is 0 Å². The molecule has 0 unspecified atom stereocenters. The molecule has 0 aliphatic carbocycles. The minimum Gasteiger partial charge on any atom is -0.365 e. The first-order valence-electron chi connectivity index (χ1n) is 3.01. The van der Waals surface area contributed by atoms with Crippen molar-refractivity contribution in [3.8, 4) is 0 Å². The van der Waals surface area contributed by atoms with E-state index in [4.69, 9.17) is 36.0 Å². The van der Waals surface area contributed by atoms with Gasteiger partial charge in [-0.05, 0) is 13.8 Å². The van der Waals surface area contributed by atoms with Crippen molar-refractivity contribution in [1.29, 1.82) is 0 Å². The van der Waals surface area contributed by atoms with E-state index in [1.54, 1.807) is 13.8 Å². The molecule has 0 amide bonds. The van der Waals surface area contributed by atoms with Gasteiger partial charge in [0, 0.05) is 14.2 Å². The molecule has 0 aromatic carbocycles. The molecule has 6 heteroatoms. The van der Waals surface area contributed by atoms with Gasteiger partial charge in [-0.25, -0.2) is 0 Å². The molecule has 0 aliphatic rings. The van der Waals surface area contributed by atoms with E-state index < -0.39 is 13.2 Å². The monoisotopic (exact) mass is 218 g/mol. The summed E-state index contributed by atoms with van der Waals surface area (Å²) in [6.07, 6.45) is 0. The quantitative estimate of drug-likeness (QED) is 0.411. The standard InChI is InChI=1S/C5H12Cl2O3Si/c1-5(2,6)10-11(7,8-3)9-4/h1-4H3. The summed E-state index contributed by atoms with van der Waals surface area (Å²) in [7, 11) is -0.149. The first-order valence-corrected chi connectivity index (χ1v) is 6.13. The Kier molecular flexibility index (Phi) is 4.32. The highest BCUT2D eigenvalue weighted by Gasteiger charge is 2.42. The molecule has 0 saturated carbocycles. The summed E-state index contributed by atoms with van der Waals surface area (Å²) in [5.74, 6) is 0. The summed E-state index contributed by atoms with van der Waals surface area (Å²) in [5.41, 5.74) is 0. The summed E-state index contributed by atoms with van der Waals surface area (Å²) in [6.45, 7) is 3.33. The molecule has 11 heavy (non-hydrogen) atoms. The molecule has 0 rings (SSSR count). The fourth-order valence-electron chi connectivity index (χ4n) is 0.457. The maximum atomic E-state index is 5.78.